The monoisotopic (exact) mass is 546 g/mol. The zero-order valence-corrected chi connectivity index (χ0v) is 25.8. The molecule has 3 saturated carbocycles. The van der Waals surface area contributed by atoms with Crippen LogP contribution in [0.4, 0.5) is 0 Å². The second-order valence-electron chi connectivity index (χ2n) is 14.2. The van der Waals surface area contributed by atoms with Gasteiger partial charge in [0.2, 0.25) is 0 Å². The lowest BCUT2D eigenvalue weighted by molar-refractivity contribution is -0.135. The van der Waals surface area contributed by atoms with Crippen molar-refractivity contribution in [2.24, 2.45) is 34.5 Å². The molecule has 4 rings (SSSR count). The van der Waals surface area contributed by atoms with Gasteiger partial charge in [-0.15, -0.1) is 0 Å². The van der Waals surface area contributed by atoms with Crippen LogP contribution >= 0.6 is 11.8 Å². The third-order valence-electron chi connectivity index (χ3n) is 12.0. The topological polar surface area (TPSA) is 57.5 Å². The lowest BCUT2D eigenvalue weighted by atomic mass is 9.44. The second kappa shape index (κ2) is 13.6. The minimum absolute atomic E-state index is 0.0617. The fourth-order valence-electron chi connectivity index (χ4n) is 9.33. The first-order chi connectivity index (χ1) is 18.2. The van der Waals surface area contributed by atoms with E-state index < -0.39 is 5.60 Å². The third kappa shape index (κ3) is 6.59. The van der Waals surface area contributed by atoms with E-state index in [0.717, 1.165) is 44.4 Å². The number of allylic oxidation sites excluding steroid dienone is 1. The van der Waals surface area contributed by atoms with Crippen molar-refractivity contribution in [3.05, 3.63) is 11.6 Å². The molecule has 0 spiro atoms. The molecular formula is C34H58O3S. The quantitative estimate of drug-likeness (QED) is 0.202. The smallest absolute Gasteiger partial charge is 0.155 e. The summed E-state index contributed by atoms with van der Waals surface area (Å²) in [5.74, 6) is 5.67. The van der Waals surface area contributed by atoms with Gasteiger partial charge >= 0.3 is 0 Å². The number of thioether (sulfide) groups is 1. The Hall–Kier alpha value is -0.320. The van der Waals surface area contributed by atoms with Crippen LogP contribution in [0.2, 0.25) is 0 Å². The molecule has 0 aliphatic heterocycles. The van der Waals surface area contributed by atoms with E-state index in [1.165, 1.54) is 94.1 Å². The average molecular weight is 547 g/mol. The highest BCUT2D eigenvalue weighted by Crippen LogP contribution is 2.69. The highest BCUT2D eigenvalue weighted by Gasteiger charge is 2.64. The zero-order valence-electron chi connectivity index (χ0n) is 24.9. The summed E-state index contributed by atoms with van der Waals surface area (Å²) >= 11 is 2.09. The molecule has 0 aromatic carbocycles. The van der Waals surface area contributed by atoms with E-state index in [1.807, 2.05) is 0 Å². The first-order valence-corrected chi connectivity index (χ1v) is 17.5. The van der Waals surface area contributed by atoms with Crippen molar-refractivity contribution in [1.82, 2.24) is 0 Å². The Balaban J connectivity index is 1.24. The molecule has 3 fully saturated rings. The van der Waals surface area contributed by atoms with E-state index in [4.69, 9.17) is 5.11 Å². The van der Waals surface area contributed by atoms with Gasteiger partial charge in [-0.25, -0.2) is 0 Å². The van der Waals surface area contributed by atoms with E-state index >= 15 is 0 Å². The molecular weight excluding hydrogens is 488 g/mol. The van der Waals surface area contributed by atoms with Gasteiger partial charge in [-0.2, -0.15) is 11.8 Å². The van der Waals surface area contributed by atoms with Crippen LogP contribution in [0.3, 0.4) is 0 Å². The first kappa shape index (κ1) is 30.6. The molecule has 218 valence electrons. The number of hydrogen-bond donors (Lipinski definition) is 2. The summed E-state index contributed by atoms with van der Waals surface area (Å²) in [5.41, 5.74) is 1.24. The van der Waals surface area contributed by atoms with Crippen LogP contribution in [0.15, 0.2) is 11.6 Å². The standard InChI is InChI=1S/C34H58O3S/c1-32-18-15-28(36)25-27(32)24-26(31-29(32)16-19-33(2)30(31)17-20-34(33,3)37)14-10-7-5-4-6-8-12-22-38-23-13-9-11-21-35/h25-26,29-31,35,37H,4-24H2,1-3H3/t26-,29+,30+,31-,32+,33+,34+/m1/s1. The van der Waals surface area contributed by atoms with Crippen molar-refractivity contribution < 1.29 is 15.0 Å². The van der Waals surface area contributed by atoms with Gasteiger partial charge in [0.1, 0.15) is 0 Å². The number of fused-ring (bicyclic) bond motifs is 5. The van der Waals surface area contributed by atoms with Crippen LogP contribution < -0.4 is 0 Å². The molecule has 0 radical (unpaired) electrons. The molecule has 0 aromatic rings. The van der Waals surface area contributed by atoms with Gasteiger partial charge in [-0.05, 0) is 123 Å². The normalized spacial score (nSPS) is 38.4. The number of carbonyl (C=O) groups is 1. The molecule has 7 atom stereocenters. The van der Waals surface area contributed by atoms with Gasteiger partial charge in [-0.1, -0.05) is 64.4 Å². The maximum absolute atomic E-state index is 12.4. The van der Waals surface area contributed by atoms with E-state index in [2.05, 4.69) is 38.6 Å². The molecule has 4 aliphatic carbocycles. The Bertz CT molecular complexity index is 806. The number of unbranched alkanes of at least 4 members (excludes halogenated alkanes) is 8. The summed E-state index contributed by atoms with van der Waals surface area (Å²) in [4.78, 5) is 12.4. The van der Waals surface area contributed by atoms with E-state index in [0.29, 0.717) is 30.1 Å². The van der Waals surface area contributed by atoms with Crippen LogP contribution in [-0.4, -0.2) is 39.7 Å². The van der Waals surface area contributed by atoms with Crippen molar-refractivity contribution >= 4 is 17.5 Å². The van der Waals surface area contributed by atoms with E-state index in [9.17, 15) is 9.90 Å². The van der Waals surface area contributed by atoms with E-state index in [1.54, 1.807) is 0 Å². The fraction of sp³-hybridized carbons (Fsp3) is 0.912. The summed E-state index contributed by atoms with van der Waals surface area (Å²) < 4.78 is 0. The van der Waals surface area contributed by atoms with Crippen molar-refractivity contribution in [3.8, 4) is 0 Å². The third-order valence-corrected chi connectivity index (χ3v) is 13.2. The van der Waals surface area contributed by atoms with Crippen molar-refractivity contribution in [1.29, 1.82) is 0 Å². The fourth-order valence-corrected chi connectivity index (χ4v) is 10.4. The van der Waals surface area contributed by atoms with Crippen LogP contribution in [0.25, 0.3) is 0 Å². The first-order valence-electron chi connectivity index (χ1n) is 16.4. The van der Waals surface area contributed by atoms with Gasteiger partial charge in [0, 0.05) is 13.0 Å². The molecule has 0 heterocycles. The zero-order chi connectivity index (χ0) is 27.2. The highest BCUT2D eigenvalue weighted by atomic mass is 32.2. The maximum atomic E-state index is 12.4. The van der Waals surface area contributed by atoms with Gasteiger partial charge < -0.3 is 10.2 Å². The summed E-state index contributed by atoms with van der Waals surface area (Å²) in [6.07, 6.45) is 23.7. The number of rotatable bonds is 15. The van der Waals surface area contributed by atoms with Crippen LogP contribution in [-0.2, 0) is 4.79 Å². The van der Waals surface area contributed by atoms with Crippen LogP contribution in [0, 0.1) is 34.5 Å². The molecule has 0 unspecified atom stereocenters. The minimum Gasteiger partial charge on any atom is -0.396 e. The van der Waals surface area contributed by atoms with Crippen molar-refractivity contribution in [2.45, 2.75) is 142 Å². The van der Waals surface area contributed by atoms with Crippen molar-refractivity contribution in [3.63, 3.8) is 0 Å². The lowest BCUT2D eigenvalue weighted by Gasteiger charge is -2.61. The molecule has 0 saturated heterocycles. The van der Waals surface area contributed by atoms with Gasteiger partial charge in [-0.3, -0.25) is 4.79 Å². The van der Waals surface area contributed by atoms with Crippen molar-refractivity contribution in [2.75, 3.05) is 18.1 Å². The summed E-state index contributed by atoms with van der Waals surface area (Å²) in [7, 11) is 0. The number of aliphatic hydroxyl groups excluding tert-OH is 1. The molecule has 4 heteroatoms. The van der Waals surface area contributed by atoms with Gasteiger partial charge in [0.25, 0.3) is 0 Å². The van der Waals surface area contributed by atoms with Crippen LogP contribution in [0.5, 0.6) is 0 Å². The van der Waals surface area contributed by atoms with Gasteiger partial charge in [0.15, 0.2) is 5.78 Å². The van der Waals surface area contributed by atoms with E-state index in [-0.39, 0.29) is 10.8 Å². The average Bonchev–Trinajstić information content (AvgIpc) is 3.13. The predicted octanol–water partition coefficient (Wildman–Crippen LogP) is 8.51. The van der Waals surface area contributed by atoms with Gasteiger partial charge in [0.05, 0.1) is 5.60 Å². The highest BCUT2D eigenvalue weighted by molar-refractivity contribution is 7.99. The molecule has 0 aromatic heterocycles. The molecule has 0 bridgehead atoms. The largest absolute Gasteiger partial charge is 0.396 e. The Morgan fingerprint density at radius 2 is 1.47 bits per heavy atom. The second-order valence-corrected chi connectivity index (χ2v) is 15.5. The minimum atomic E-state index is -0.523. The Morgan fingerprint density at radius 1 is 0.842 bits per heavy atom. The van der Waals surface area contributed by atoms with Crippen LogP contribution in [0.1, 0.15) is 136 Å². The Kier molecular flexibility index (Phi) is 10.9. The predicted molar refractivity (Wildman–Crippen MR) is 161 cm³/mol. The SMILES string of the molecule is C[C@]12CCC(=O)C=C1C[C@@H](CCCCCCCCCSCCCCCO)[C@@H]1[C@@H]2CC[C@@]2(C)[C@H]1CC[C@]2(C)O. The number of ketones is 1. The summed E-state index contributed by atoms with van der Waals surface area (Å²) in [5, 5.41) is 20.2. The lowest BCUT2D eigenvalue weighted by Crippen LogP contribution is -2.56. The number of carbonyl (C=O) groups excluding carboxylic acids is 1. The Labute approximate surface area is 238 Å². The molecule has 38 heavy (non-hydrogen) atoms. The molecule has 0 amide bonds. The molecule has 4 aliphatic rings. The number of aliphatic hydroxyl groups is 2. The number of hydrogen-bond acceptors (Lipinski definition) is 4. The molecule has 2 N–H and O–H groups in total. The molecule has 3 nitrogen and oxygen atoms in total. The maximum Gasteiger partial charge on any atom is 0.155 e. The Morgan fingerprint density at radius 3 is 2.18 bits per heavy atom. The summed E-state index contributed by atoms with van der Waals surface area (Å²) in [6.45, 7) is 7.36. The summed E-state index contributed by atoms with van der Waals surface area (Å²) in [6, 6.07) is 0.